The second-order valence-corrected chi connectivity index (χ2v) is 10.8. The number of anilines is 1. The number of rotatable bonds is 10. The first-order valence-corrected chi connectivity index (χ1v) is 13.9. The van der Waals surface area contributed by atoms with Crippen molar-refractivity contribution in [2.45, 2.75) is 58.3 Å². The van der Waals surface area contributed by atoms with Crippen molar-refractivity contribution in [3.63, 3.8) is 0 Å². The molecular formula is C27H31BrN4O3S. The number of unbranched alkanes of at least 4 members (excludes halogenated alkanes) is 1. The average Bonchev–Trinajstić information content (AvgIpc) is 3.25. The minimum atomic E-state index is -0.556. The van der Waals surface area contributed by atoms with Crippen LogP contribution in [-0.4, -0.2) is 33.1 Å². The highest BCUT2D eigenvalue weighted by molar-refractivity contribution is 9.10. The van der Waals surface area contributed by atoms with Crippen LogP contribution in [0, 0.1) is 6.92 Å². The van der Waals surface area contributed by atoms with E-state index in [1.165, 1.54) is 5.56 Å². The van der Waals surface area contributed by atoms with Crippen LogP contribution in [0.3, 0.4) is 0 Å². The van der Waals surface area contributed by atoms with Gasteiger partial charge >= 0.3 is 5.97 Å². The third-order valence-corrected chi connectivity index (χ3v) is 7.05. The Morgan fingerprint density at radius 2 is 1.94 bits per heavy atom. The highest BCUT2D eigenvalue weighted by atomic mass is 79.9. The molecule has 9 heteroatoms. The van der Waals surface area contributed by atoms with Gasteiger partial charge in [-0.25, -0.2) is 9.48 Å². The Balaban J connectivity index is 1.76. The molecule has 1 aliphatic rings. The lowest BCUT2D eigenvalue weighted by Gasteiger charge is -2.29. The number of nitrogens with zero attached hydrogens (tertiary/aromatic N) is 3. The van der Waals surface area contributed by atoms with Crippen LogP contribution in [0.5, 0.6) is 5.75 Å². The molecule has 0 aliphatic carbocycles. The van der Waals surface area contributed by atoms with Crippen molar-refractivity contribution in [3.8, 4) is 5.75 Å². The van der Waals surface area contributed by atoms with Crippen molar-refractivity contribution < 1.29 is 14.3 Å². The number of fused-ring (bicyclic) bond motifs is 1. The van der Waals surface area contributed by atoms with Gasteiger partial charge in [0.1, 0.15) is 18.4 Å². The highest BCUT2D eigenvalue weighted by Gasteiger charge is 2.37. The van der Waals surface area contributed by atoms with Gasteiger partial charge in [0.05, 0.1) is 12.2 Å². The molecule has 0 fully saturated rings. The molecule has 1 atom stereocenters. The molecule has 1 aliphatic heterocycles. The van der Waals surface area contributed by atoms with Crippen LogP contribution in [0.2, 0.25) is 0 Å². The van der Waals surface area contributed by atoms with Gasteiger partial charge in [0, 0.05) is 15.7 Å². The van der Waals surface area contributed by atoms with Crippen LogP contribution in [0.1, 0.15) is 56.3 Å². The number of ether oxygens (including phenoxy) is 2. The van der Waals surface area contributed by atoms with Crippen LogP contribution in [0.15, 0.2) is 63.4 Å². The van der Waals surface area contributed by atoms with Crippen LogP contribution in [0.4, 0.5) is 5.95 Å². The molecule has 1 N–H and O–H groups in total. The topological polar surface area (TPSA) is 78.3 Å². The Morgan fingerprint density at radius 1 is 1.17 bits per heavy atom. The van der Waals surface area contributed by atoms with Gasteiger partial charge in [-0.15, -0.1) is 5.10 Å². The number of aryl methyl sites for hydroxylation is 1. The Morgan fingerprint density at radius 3 is 2.67 bits per heavy atom. The summed E-state index contributed by atoms with van der Waals surface area (Å²) in [4.78, 5) is 18.0. The normalized spacial score (nSPS) is 14.9. The molecule has 0 spiro atoms. The maximum atomic E-state index is 13.4. The third-order valence-electron chi connectivity index (χ3n) is 5.84. The van der Waals surface area contributed by atoms with Gasteiger partial charge in [0.2, 0.25) is 11.1 Å². The van der Waals surface area contributed by atoms with E-state index >= 15 is 0 Å². The van der Waals surface area contributed by atoms with E-state index in [0.29, 0.717) is 41.3 Å². The van der Waals surface area contributed by atoms with Gasteiger partial charge in [-0.2, -0.15) is 4.98 Å². The molecule has 1 aromatic heterocycles. The van der Waals surface area contributed by atoms with E-state index in [9.17, 15) is 4.79 Å². The molecule has 190 valence electrons. The molecule has 0 amide bonds. The first-order valence-electron chi connectivity index (χ1n) is 12.1. The second-order valence-electron chi connectivity index (χ2n) is 8.61. The monoisotopic (exact) mass is 570 g/mol. The summed E-state index contributed by atoms with van der Waals surface area (Å²) in [6, 6.07) is 13.5. The zero-order valence-corrected chi connectivity index (χ0v) is 23.4. The predicted octanol–water partition coefficient (Wildman–Crippen LogP) is 6.67. The predicted molar refractivity (Wildman–Crippen MR) is 146 cm³/mol. The van der Waals surface area contributed by atoms with Gasteiger partial charge in [-0.1, -0.05) is 77.8 Å². The first kappa shape index (κ1) is 26.3. The second kappa shape index (κ2) is 12.0. The smallest absolute Gasteiger partial charge is 0.338 e. The zero-order valence-electron chi connectivity index (χ0n) is 21.0. The molecule has 0 bridgehead atoms. The molecule has 1 unspecified atom stereocenters. The van der Waals surface area contributed by atoms with Crippen LogP contribution >= 0.6 is 27.7 Å². The first-order chi connectivity index (χ1) is 17.4. The Labute approximate surface area is 224 Å². The number of carbonyl (C=O) groups excluding carboxylic acids is 1. The lowest BCUT2D eigenvalue weighted by Crippen LogP contribution is -2.30. The number of allylic oxidation sites excluding steroid dienone is 1. The molecule has 4 rings (SSSR count). The van der Waals surface area contributed by atoms with Crippen molar-refractivity contribution in [1.29, 1.82) is 0 Å². The fourth-order valence-electron chi connectivity index (χ4n) is 3.97. The van der Waals surface area contributed by atoms with E-state index < -0.39 is 6.04 Å². The fourth-order valence-corrected chi connectivity index (χ4v) is 4.90. The van der Waals surface area contributed by atoms with Gasteiger partial charge < -0.3 is 14.8 Å². The van der Waals surface area contributed by atoms with E-state index in [-0.39, 0.29) is 5.97 Å². The quantitative estimate of drug-likeness (QED) is 0.165. The molecule has 0 saturated heterocycles. The number of esters is 1. The number of benzene rings is 2. The molecule has 2 heterocycles. The molecule has 0 saturated carbocycles. The van der Waals surface area contributed by atoms with Gasteiger partial charge in [0.25, 0.3) is 0 Å². The van der Waals surface area contributed by atoms with Crippen molar-refractivity contribution >= 4 is 39.6 Å². The standard InChI is InChI=1S/C27H31BrN4O3S/c1-5-7-14-34-25(33)23-18(4)29-26-30-27(36-6-2)31-32(26)24(23)21-15-20(28)12-13-22(21)35-16-19-10-8-17(3)9-11-19/h8-13,15,24H,5-7,14,16H2,1-4H3,(H,29,30,31). The number of nitrogens with one attached hydrogen (secondary N) is 1. The summed E-state index contributed by atoms with van der Waals surface area (Å²) < 4.78 is 14.6. The average molecular weight is 572 g/mol. The van der Waals surface area contributed by atoms with E-state index in [1.807, 2.05) is 25.1 Å². The van der Waals surface area contributed by atoms with Crippen molar-refractivity contribution in [1.82, 2.24) is 14.8 Å². The third kappa shape index (κ3) is 5.95. The molecule has 2 aromatic carbocycles. The van der Waals surface area contributed by atoms with Crippen molar-refractivity contribution in [2.24, 2.45) is 0 Å². The Bertz CT molecular complexity index is 1260. The van der Waals surface area contributed by atoms with Gasteiger partial charge in [-0.05, 0) is 49.8 Å². The number of hydrogen-bond donors (Lipinski definition) is 1. The molecule has 36 heavy (non-hydrogen) atoms. The number of aromatic nitrogens is 3. The maximum absolute atomic E-state index is 13.4. The van der Waals surface area contributed by atoms with Crippen molar-refractivity contribution in [2.75, 3.05) is 17.7 Å². The zero-order chi connectivity index (χ0) is 25.7. The van der Waals surface area contributed by atoms with Crippen LogP contribution in [0.25, 0.3) is 0 Å². The molecule has 7 nitrogen and oxygen atoms in total. The van der Waals surface area contributed by atoms with E-state index in [0.717, 1.165) is 34.2 Å². The summed E-state index contributed by atoms with van der Waals surface area (Å²) in [7, 11) is 0. The molecule has 3 aromatic rings. The summed E-state index contributed by atoms with van der Waals surface area (Å²) in [5, 5.41) is 8.66. The van der Waals surface area contributed by atoms with Gasteiger partial charge in [-0.3, -0.25) is 0 Å². The van der Waals surface area contributed by atoms with E-state index in [4.69, 9.17) is 14.6 Å². The molecular weight excluding hydrogens is 540 g/mol. The summed E-state index contributed by atoms with van der Waals surface area (Å²) in [5.41, 5.74) is 4.26. The summed E-state index contributed by atoms with van der Waals surface area (Å²) in [6.45, 7) is 8.83. The number of thioether (sulfide) groups is 1. The lowest BCUT2D eigenvalue weighted by atomic mass is 9.95. The maximum Gasteiger partial charge on any atom is 0.338 e. The van der Waals surface area contributed by atoms with Crippen LogP contribution < -0.4 is 10.1 Å². The lowest BCUT2D eigenvalue weighted by molar-refractivity contribution is -0.139. The summed E-state index contributed by atoms with van der Waals surface area (Å²) >= 11 is 5.16. The fraction of sp³-hybridized carbons (Fsp3) is 0.370. The number of halogens is 1. The number of carbonyl (C=O) groups is 1. The summed E-state index contributed by atoms with van der Waals surface area (Å²) in [6.07, 6.45) is 1.75. The minimum absolute atomic E-state index is 0.367. The van der Waals surface area contributed by atoms with Gasteiger partial charge in [0.15, 0.2) is 0 Å². The van der Waals surface area contributed by atoms with Crippen LogP contribution in [-0.2, 0) is 16.1 Å². The summed E-state index contributed by atoms with van der Waals surface area (Å²) in [5.74, 6) is 1.73. The largest absolute Gasteiger partial charge is 0.489 e. The van der Waals surface area contributed by atoms with Crippen molar-refractivity contribution in [3.05, 3.63) is 74.9 Å². The SMILES string of the molecule is CCCCOC(=O)C1=C(C)Nc2nc(SCC)nn2C1c1cc(Br)ccc1OCc1ccc(C)cc1. The number of hydrogen-bond acceptors (Lipinski definition) is 7. The Kier molecular flexibility index (Phi) is 8.74. The van der Waals surface area contributed by atoms with E-state index in [1.54, 1.807) is 16.4 Å². The molecule has 0 radical (unpaired) electrons. The minimum Gasteiger partial charge on any atom is -0.489 e. The van der Waals surface area contributed by atoms with E-state index in [2.05, 4.69) is 71.3 Å². The highest BCUT2D eigenvalue weighted by Crippen LogP contribution is 2.41. The Hall–Kier alpha value is -2.78.